The van der Waals surface area contributed by atoms with Gasteiger partial charge in [0.1, 0.15) is 6.10 Å². The van der Waals surface area contributed by atoms with E-state index in [1.54, 1.807) is 36.4 Å². The van der Waals surface area contributed by atoms with Crippen LogP contribution in [-0.4, -0.2) is 40.1 Å². The van der Waals surface area contributed by atoms with E-state index in [9.17, 15) is 19.5 Å². The predicted molar refractivity (Wildman–Crippen MR) is 104 cm³/mol. The first-order valence-electron chi connectivity index (χ1n) is 9.79. The molecule has 6 nitrogen and oxygen atoms in total. The maximum Gasteiger partial charge on any atom is 0.338 e. The Morgan fingerprint density at radius 3 is 2.54 bits per heavy atom. The zero-order valence-electron chi connectivity index (χ0n) is 16.1. The molecule has 6 heteroatoms. The summed E-state index contributed by atoms with van der Waals surface area (Å²) in [5, 5.41) is 19.5. The van der Waals surface area contributed by atoms with Crippen LogP contribution in [0.1, 0.15) is 55.8 Å². The third-order valence-corrected chi connectivity index (χ3v) is 5.10. The fourth-order valence-electron chi connectivity index (χ4n) is 3.60. The van der Waals surface area contributed by atoms with E-state index in [4.69, 9.17) is 9.84 Å². The minimum atomic E-state index is -1.04. The van der Waals surface area contributed by atoms with Gasteiger partial charge in [0.2, 0.25) is 0 Å². The quantitative estimate of drug-likeness (QED) is 0.362. The van der Waals surface area contributed by atoms with Crippen LogP contribution in [0, 0.1) is 11.8 Å². The first-order chi connectivity index (χ1) is 13.4. The Labute approximate surface area is 165 Å². The molecule has 1 aromatic rings. The third kappa shape index (κ3) is 6.30. The van der Waals surface area contributed by atoms with E-state index in [2.05, 4.69) is 6.92 Å². The predicted octanol–water partition coefficient (Wildman–Crippen LogP) is 3.39. The van der Waals surface area contributed by atoms with Gasteiger partial charge < -0.3 is 14.9 Å². The smallest absolute Gasteiger partial charge is 0.338 e. The summed E-state index contributed by atoms with van der Waals surface area (Å²) in [6, 6.07) is 8.49. The molecule has 0 heterocycles. The molecule has 0 saturated heterocycles. The second kappa shape index (κ2) is 10.8. The molecular formula is C22H28O6. The summed E-state index contributed by atoms with van der Waals surface area (Å²) in [7, 11) is 0. The Morgan fingerprint density at radius 1 is 1.18 bits per heavy atom. The van der Waals surface area contributed by atoms with Crippen molar-refractivity contribution in [3.63, 3.8) is 0 Å². The fourth-order valence-corrected chi connectivity index (χ4v) is 3.60. The summed E-state index contributed by atoms with van der Waals surface area (Å²) in [6.45, 7) is 2.06. The van der Waals surface area contributed by atoms with Crippen molar-refractivity contribution in [2.45, 2.75) is 57.7 Å². The SMILES string of the molecule is CCCCCC(=O)C=CC1C(OC(=O)c2ccccc2)CC(O)C1CC(=O)O. The van der Waals surface area contributed by atoms with Crippen molar-refractivity contribution >= 4 is 17.7 Å². The van der Waals surface area contributed by atoms with Gasteiger partial charge >= 0.3 is 11.9 Å². The monoisotopic (exact) mass is 388 g/mol. The molecule has 0 aromatic heterocycles. The number of carbonyl (C=O) groups is 3. The normalized spacial score (nSPS) is 24.4. The third-order valence-electron chi connectivity index (χ3n) is 5.10. The number of esters is 1. The van der Waals surface area contributed by atoms with E-state index >= 15 is 0 Å². The van der Waals surface area contributed by atoms with E-state index in [0.717, 1.165) is 19.3 Å². The number of ketones is 1. The molecule has 2 N–H and O–H groups in total. The van der Waals surface area contributed by atoms with E-state index in [1.165, 1.54) is 6.08 Å². The minimum Gasteiger partial charge on any atom is -0.481 e. The van der Waals surface area contributed by atoms with Gasteiger partial charge in [-0.05, 0) is 24.6 Å². The lowest BCUT2D eigenvalue weighted by molar-refractivity contribution is -0.139. The minimum absolute atomic E-state index is 0.0444. The Bertz CT molecular complexity index is 696. The maximum absolute atomic E-state index is 12.4. The van der Waals surface area contributed by atoms with Crippen LogP contribution >= 0.6 is 0 Å². The van der Waals surface area contributed by atoms with Crippen molar-refractivity contribution in [3.05, 3.63) is 48.0 Å². The molecule has 1 aromatic carbocycles. The summed E-state index contributed by atoms with van der Waals surface area (Å²) >= 11 is 0. The molecule has 0 spiro atoms. The van der Waals surface area contributed by atoms with E-state index in [0.29, 0.717) is 12.0 Å². The van der Waals surface area contributed by atoms with E-state index in [1.807, 2.05) is 0 Å². The Kier molecular flexibility index (Phi) is 8.39. The van der Waals surface area contributed by atoms with E-state index in [-0.39, 0.29) is 18.6 Å². The maximum atomic E-state index is 12.4. The molecule has 4 unspecified atom stereocenters. The zero-order chi connectivity index (χ0) is 20.5. The molecule has 0 amide bonds. The average molecular weight is 388 g/mol. The van der Waals surface area contributed by atoms with Crippen molar-refractivity contribution in [1.29, 1.82) is 0 Å². The van der Waals surface area contributed by atoms with Crippen molar-refractivity contribution < 1.29 is 29.3 Å². The van der Waals surface area contributed by atoms with Crippen LogP contribution in [0.25, 0.3) is 0 Å². The number of rotatable bonds is 10. The Morgan fingerprint density at radius 2 is 1.89 bits per heavy atom. The van der Waals surface area contributed by atoms with Gasteiger partial charge in [0.25, 0.3) is 0 Å². The molecule has 0 aliphatic heterocycles. The lowest BCUT2D eigenvalue weighted by Crippen LogP contribution is -2.26. The number of carboxylic acids is 1. The number of hydrogen-bond donors (Lipinski definition) is 2. The molecule has 1 fully saturated rings. The van der Waals surface area contributed by atoms with Crippen LogP contribution in [0.5, 0.6) is 0 Å². The average Bonchev–Trinajstić information content (AvgIpc) is 2.95. The molecule has 0 bridgehead atoms. The van der Waals surface area contributed by atoms with Crippen LogP contribution < -0.4 is 0 Å². The Hall–Kier alpha value is -2.47. The molecule has 28 heavy (non-hydrogen) atoms. The lowest BCUT2D eigenvalue weighted by atomic mass is 9.90. The second-order valence-corrected chi connectivity index (χ2v) is 7.23. The Balaban J connectivity index is 2.11. The molecular weight excluding hydrogens is 360 g/mol. The van der Waals surface area contributed by atoms with Gasteiger partial charge in [-0.1, -0.05) is 44.0 Å². The van der Waals surface area contributed by atoms with E-state index < -0.39 is 36.0 Å². The number of aliphatic hydroxyl groups excluding tert-OH is 1. The van der Waals surface area contributed by atoms with Gasteiger partial charge in [0, 0.05) is 24.7 Å². The highest BCUT2D eigenvalue weighted by atomic mass is 16.5. The second-order valence-electron chi connectivity index (χ2n) is 7.23. The largest absolute Gasteiger partial charge is 0.481 e. The molecule has 2 rings (SSSR count). The van der Waals surface area contributed by atoms with Crippen LogP contribution in [0.4, 0.5) is 0 Å². The number of allylic oxidation sites excluding steroid dienone is 1. The first kappa shape index (κ1) is 21.8. The van der Waals surface area contributed by atoms with Gasteiger partial charge in [0.15, 0.2) is 5.78 Å². The zero-order valence-corrected chi connectivity index (χ0v) is 16.1. The van der Waals surface area contributed by atoms with Crippen molar-refractivity contribution in [2.24, 2.45) is 11.8 Å². The number of carboxylic acid groups (broad SMARTS) is 1. The molecule has 152 valence electrons. The number of benzene rings is 1. The highest BCUT2D eigenvalue weighted by Gasteiger charge is 2.44. The summed E-state index contributed by atoms with van der Waals surface area (Å²) in [5.74, 6) is -2.73. The number of aliphatic carboxylic acids is 1. The summed E-state index contributed by atoms with van der Waals surface area (Å²) in [5.41, 5.74) is 0.386. The van der Waals surface area contributed by atoms with Gasteiger partial charge in [-0.25, -0.2) is 4.79 Å². The number of ether oxygens (including phenoxy) is 1. The highest BCUT2D eigenvalue weighted by Crippen LogP contribution is 2.38. The molecule has 0 radical (unpaired) electrons. The number of unbranched alkanes of at least 4 members (excludes halogenated alkanes) is 2. The first-order valence-corrected chi connectivity index (χ1v) is 9.79. The van der Waals surface area contributed by atoms with Crippen LogP contribution in [0.15, 0.2) is 42.5 Å². The summed E-state index contributed by atoms with van der Waals surface area (Å²) in [4.78, 5) is 35.6. The molecule has 1 saturated carbocycles. The van der Waals surface area contributed by atoms with Crippen molar-refractivity contribution in [2.75, 3.05) is 0 Å². The summed E-state index contributed by atoms with van der Waals surface area (Å²) in [6.07, 6.45) is 4.59. The number of hydrogen-bond acceptors (Lipinski definition) is 5. The topological polar surface area (TPSA) is 101 Å². The molecule has 4 atom stereocenters. The van der Waals surface area contributed by atoms with Gasteiger partial charge in [0.05, 0.1) is 18.1 Å². The standard InChI is InChI=1S/C22H28O6/c1-2-3-5-10-16(23)11-12-17-18(13-21(25)26)19(24)14-20(17)28-22(27)15-8-6-4-7-9-15/h4,6-9,11-12,17-20,24H,2-3,5,10,13-14H2,1H3,(H,25,26). The number of carbonyl (C=O) groups excluding carboxylic acids is 2. The van der Waals surface area contributed by atoms with Crippen molar-refractivity contribution in [3.8, 4) is 0 Å². The van der Waals surface area contributed by atoms with Crippen molar-refractivity contribution in [1.82, 2.24) is 0 Å². The van der Waals surface area contributed by atoms with Crippen LogP contribution in [0.2, 0.25) is 0 Å². The van der Waals surface area contributed by atoms with Gasteiger partial charge in [-0.15, -0.1) is 0 Å². The van der Waals surface area contributed by atoms with Crippen LogP contribution in [-0.2, 0) is 14.3 Å². The summed E-state index contributed by atoms with van der Waals surface area (Å²) < 4.78 is 5.57. The van der Waals surface area contributed by atoms with Crippen LogP contribution in [0.3, 0.4) is 0 Å². The highest BCUT2D eigenvalue weighted by molar-refractivity contribution is 5.90. The van der Waals surface area contributed by atoms with Gasteiger partial charge in [-0.2, -0.15) is 0 Å². The lowest BCUT2D eigenvalue weighted by Gasteiger charge is -2.21. The fraction of sp³-hybridized carbons (Fsp3) is 0.500. The number of aliphatic hydroxyl groups is 1. The van der Waals surface area contributed by atoms with Gasteiger partial charge in [-0.3, -0.25) is 9.59 Å². The molecule has 1 aliphatic carbocycles. The molecule has 1 aliphatic rings.